The molecule has 0 bridgehead atoms. The third kappa shape index (κ3) is 18.0. The van der Waals surface area contributed by atoms with Gasteiger partial charge in [-0.25, -0.2) is 4.79 Å². The Hall–Kier alpha value is -6.72. The molecule has 3 heterocycles. The number of methoxy groups -OCH3 is 1. The van der Waals surface area contributed by atoms with E-state index in [1.807, 2.05) is 45.0 Å². The number of rotatable bonds is 29. The van der Waals surface area contributed by atoms with Crippen LogP contribution in [0.15, 0.2) is 30.5 Å². The number of likely N-dealkylation sites (tertiary alicyclic amines) is 2. The molecule has 9 N–H and O–H groups in total. The Morgan fingerprint density at radius 1 is 0.707 bits per heavy atom. The van der Waals surface area contributed by atoms with Crippen LogP contribution in [-0.4, -0.2) is 164 Å². The van der Waals surface area contributed by atoms with Crippen LogP contribution >= 0.6 is 12.6 Å². The fourth-order valence-electron chi connectivity index (χ4n) is 9.43. The van der Waals surface area contributed by atoms with Crippen molar-refractivity contribution in [1.82, 2.24) is 46.7 Å². The maximum absolute atomic E-state index is 14.6. The maximum atomic E-state index is 14.6. The number of carbonyl (C=O) groups excluding carboxylic acids is 9. The highest BCUT2D eigenvalue weighted by atomic mass is 32.1. The van der Waals surface area contributed by atoms with Crippen molar-refractivity contribution < 1.29 is 67.7 Å². The van der Waals surface area contributed by atoms with Crippen LogP contribution < -0.4 is 31.9 Å². The van der Waals surface area contributed by atoms with Crippen molar-refractivity contribution >= 4 is 88.7 Å². The summed E-state index contributed by atoms with van der Waals surface area (Å²) < 4.78 is 4.70. The first-order valence-corrected chi connectivity index (χ1v) is 26.2. The summed E-state index contributed by atoms with van der Waals surface area (Å²) in [6.07, 6.45) is 3.59. The number of fused-ring (bicyclic) bond motifs is 1. The summed E-state index contributed by atoms with van der Waals surface area (Å²) in [5.74, 6) is -9.00. The topological polar surface area (TPSA) is 332 Å². The molecule has 0 unspecified atom stereocenters. The van der Waals surface area contributed by atoms with Gasteiger partial charge in [-0.05, 0) is 75.3 Å². The van der Waals surface area contributed by atoms with Gasteiger partial charge < -0.3 is 61.6 Å². The zero-order valence-corrected chi connectivity index (χ0v) is 44.5. The number of aliphatic carboxylic acids is 2. The molecule has 2 aromatic rings. The van der Waals surface area contributed by atoms with Crippen molar-refractivity contribution in [2.24, 2.45) is 5.92 Å². The summed E-state index contributed by atoms with van der Waals surface area (Å²) in [6.45, 7) is 8.64. The predicted octanol–water partition coefficient (Wildman–Crippen LogP) is 1.47. The lowest BCUT2D eigenvalue weighted by atomic mass is 10.00. The summed E-state index contributed by atoms with van der Waals surface area (Å²) in [6, 6.07) is -2.41. The summed E-state index contributed by atoms with van der Waals surface area (Å²) in [5, 5.41) is 35.3. The van der Waals surface area contributed by atoms with Gasteiger partial charge in [-0.1, -0.05) is 58.7 Å². The number of para-hydroxylation sites is 1. The van der Waals surface area contributed by atoms with Crippen LogP contribution in [0.4, 0.5) is 0 Å². The second-order valence-electron chi connectivity index (χ2n) is 19.6. The minimum Gasteiger partial charge on any atom is -0.481 e. The van der Waals surface area contributed by atoms with Gasteiger partial charge in [-0.15, -0.1) is 0 Å². The molecule has 9 atom stereocenters. The Kier molecular flexibility index (Phi) is 23.8. The van der Waals surface area contributed by atoms with E-state index in [0.29, 0.717) is 25.7 Å². The lowest BCUT2D eigenvalue weighted by molar-refractivity contribution is -0.149. The number of unbranched alkanes of at least 4 members (excludes halogenated alkanes) is 1. The quantitative estimate of drug-likeness (QED) is 0.0408. The minimum absolute atomic E-state index is 0.00466. The molecule has 2 aliphatic heterocycles. The first-order chi connectivity index (χ1) is 35.6. The van der Waals surface area contributed by atoms with Crippen molar-refractivity contribution in [3.8, 4) is 0 Å². The fraction of sp³-hybridized carbons (Fsp3) is 0.627. The molecule has 0 saturated carbocycles. The molecule has 2 saturated heterocycles. The number of aromatic nitrogens is 1. The van der Waals surface area contributed by atoms with Crippen LogP contribution in [-0.2, 0) is 63.9 Å². The number of H-pyrrole nitrogens is 1. The van der Waals surface area contributed by atoms with Crippen LogP contribution in [0, 0.1) is 5.92 Å². The number of carbonyl (C=O) groups is 11. The Morgan fingerprint density at radius 2 is 1.27 bits per heavy atom. The van der Waals surface area contributed by atoms with Crippen LogP contribution in [0.25, 0.3) is 10.9 Å². The average Bonchev–Trinajstić information content (AvgIpc) is 4.15. The Balaban J connectivity index is 1.52. The number of nitrogens with zero attached hydrogens (tertiary/aromatic N) is 2. The van der Waals surface area contributed by atoms with Crippen LogP contribution in [0.1, 0.15) is 124 Å². The second-order valence-corrected chi connectivity index (χ2v) is 20.4. The third-order valence-electron chi connectivity index (χ3n) is 13.3. The molecule has 0 spiro atoms. The van der Waals surface area contributed by atoms with Gasteiger partial charge in [0.1, 0.15) is 48.3 Å². The van der Waals surface area contributed by atoms with Gasteiger partial charge in [0.2, 0.25) is 47.3 Å². The first kappa shape index (κ1) is 60.8. The molecule has 2 fully saturated rings. The molecule has 24 heteroatoms. The molecule has 75 heavy (non-hydrogen) atoms. The first-order valence-electron chi connectivity index (χ1n) is 25.7. The summed E-state index contributed by atoms with van der Waals surface area (Å²) in [5.41, 5.74) is 1.54. The number of nitrogens with one attached hydrogen (secondary N) is 7. The van der Waals surface area contributed by atoms with Crippen molar-refractivity contribution in [2.45, 2.75) is 178 Å². The number of ether oxygens (including phenoxy) is 1. The van der Waals surface area contributed by atoms with E-state index in [9.17, 15) is 63.0 Å². The largest absolute Gasteiger partial charge is 0.481 e. The Bertz CT molecular complexity index is 2360. The molecule has 1 aromatic heterocycles. The predicted molar refractivity (Wildman–Crippen MR) is 277 cm³/mol. The average molecular weight is 1070 g/mol. The summed E-state index contributed by atoms with van der Waals surface area (Å²) in [7, 11) is 1.19. The molecule has 2 aliphatic rings. The SMILES string of the molecule is CCCC[C@H](NC(=O)[C@H](CC)NC(=O)[C@H](CC[C@H](S)CC(=O)OC)NC(=O)[C@@H](CC(=O)O)NC(C)=O)C(=O)N[C@@H](CC(C)C)C(=O)N1CCC[C@H]1C(=O)N[C@@H](Cc1c[nH]c2ccccc12)C(=O)N1CCC[C@H]1C(=O)O. The highest BCUT2D eigenvalue weighted by molar-refractivity contribution is 7.81. The smallest absolute Gasteiger partial charge is 0.326 e. The normalized spacial score (nSPS) is 18.1. The number of hydrogen-bond donors (Lipinski definition) is 10. The standard InChI is InChI=1S/C51H75N9O14S/c1-7-9-15-35(55-44(65)33(8-2)54-46(67)36(20-19-31(75)25-43(64)74-6)56-47(68)37(26-42(62)63)53-29(5)61)45(66)57-38(23-28(3)4)49(70)59-21-12-17-40(59)48(69)58-39(50(71)60-22-13-18-41(60)51(72)73)24-30-27-52-34-16-11-10-14-32(30)34/h10-11,14,16,27-28,31,33,35-41,52,75H,7-9,12-13,15,17-26H2,1-6H3,(H,53,61)(H,54,67)(H,55,65)(H,56,68)(H,57,66)(H,58,69)(H,62,63)(H,72,73)/t31-,33-,35-,36-,37+,38-,39-,40-,41-/m0/s1. The van der Waals surface area contributed by atoms with Gasteiger partial charge in [-0.2, -0.15) is 12.6 Å². The van der Waals surface area contributed by atoms with E-state index in [0.717, 1.165) is 23.4 Å². The molecule has 23 nitrogen and oxygen atoms in total. The molecule has 4 rings (SSSR count). The molecule has 0 radical (unpaired) electrons. The zero-order chi connectivity index (χ0) is 55.5. The Morgan fingerprint density at radius 3 is 1.85 bits per heavy atom. The van der Waals surface area contributed by atoms with Crippen molar-refractivity contribution in [2.75, 3.05) is 20.2 Å². The van der Waals surface area contributed by atoms with Gasteiger partial charge in [0.25, 0.3) is 0 Å². The lowest BCUT2D eigenvalue weighted by Crippen LogP contribution is -2.60. The van der Waals surface area contributed by atoms with E-state index < -0.39 is 125 Å². The van der Waals surface area contributed by atoms with E-state index in [1.54, 1.807) is 13.1 Å². The molecular formula is C51H75N9O14S. The highest BCUT2D eigenvalue weighted by Crippen LogP contribution is 2.25. The molecule has 8 amide bonds. The Labute approximate surface area is 441 Å². The molecule has 0 aliphatic carbocycles. The third-order valence-corrected chi connectivity index (χ3v) is 13.8. The van der Waals surface area contributed by atoms with E-state index in [1.165, 1.54) is 16.9 Å². The summed E-state index contributed by atoms with van der Waals surface area (Å²) >= 11 is 4.40. The molecule has 1 aromatic carbocycles. The monoisotopic (exact) mass is 1070 g/mol. The van der Waals surface area contributed by atoms with E-state index in [-0.39, 0.29) is 76.8 Å². The number of amides is 8. The van der Waals surface area contributed by atoms with Gasteiger partial charge in [0.15, 0.2) is 0 Å². The van der Waals surface area contributed by atoms with Gasteiger partial charge in [0.05, 0.1) is 20.0 Å². The van der Waals surface area contributed by atoms with Gasteiger partial charge >= 0.3 is 17.9 Å². The lowest BCUT2D eigenvalue weighted by Gasteiger charge is -2.32. The zero-order valence-electron chi connectivity index (χ0n) is 43.6. The second kappa shape index (κ2) is 29.4. The van der Waals surface area contributed by atoms with Crippen molar-refractivity contribution in [3.63, 3.8) is 0 Å². The van der Waals surface area contributed by atoms with E-state index >= 15 is 0 Å². The maximum Gasteiger partial charge on any atom is 0.326 e. The number of carboxylic acid groups (broad SMARTS) is 2. The number of hydrogen-bond acceptors (Lipinski definition) is 13. The van der Waals surface area contributed by atoms with Crippen LogP contribution in [0.3, 0.4) is 0 Å². The fourth-order valence-corrected chi connectivity index (χ4v) is 9.72. The number of benzene rings is 1. The van der Waals surface area contributed by atoms with E-state index in [4.69, 9.17) is 4.74 Å². The van der Waals surface area contributed by atoms with Crippen LogP contribution in [0.2, 0.25) is 0 Å². The van der Waals surface area contributed by atoms with E-state index in [2.05, 4.69) is 49.5 Å². The number of aromatic amines is 1. The molecule has 414 valence electrons. The van der Waals surface area contributed by atoms with Crippen LogP contribution in [0.5, 0.6) is 0 Å². The van der Waals surface area contributed by atoms with Gasteiger partial charge in [-0.3, -0.25) is 47.9 Å². The number of thiol groups is 1. The number of carboxylic acids is 2. The van der Waals surface area contributed by atoms with Gasteiger partial charge in [0, 0.05) is 48.8 Å². The molecular weight excluding hydrogens is 995 g/mol. The van der Waals surface area contributed by atoms with Crippen molar-refractivity contribution in [3.05, 3.63) is 36.0 Å². The highest BCUT2D eigenvalue weighted by Gasteiger charge is 2.43. The number of esters is 1. The summed E-state index contributed by atoms with van der Waals surface area (Å²) in [4.78, 5) is 152. The minimum atomic E-state index is -1.56. The van der Waals surface area contributed by atoms with Crippen molar-refractivity contribution in [1.29, 1.82) is 0 Å².